The van der Waals surface area contributed by atoms with Crippen LogP contribution in [0.4, 0.5) is 0 Å². The normalized spacial score (nSPS) is 15.4. The average molecular weight is 318 g/mol. The zero-order valence-corrected chi connectivity index (χ0v) is 14.4. The van der Waals surface area contributed by atoms with Gasteiger partial charge < -0.3 is 15.0 Å². The number of carbonyl (C=O) groups is 2. The standard InChI is InChI=1S/C18H26N2O3/c1-12-9-13(2)18(14(3)10-12)23-11-17(22)19-16-5-7-20(8-6-16)15(4)21/h9-10,16H,5-8,11H2,1-4H3,(H,19,22). The maximum Gasteiger partial charge on any atom is 0.258 e. The van der Waals surface area contributed by atoms with Crippen molar-refractivity contribution in [1.82, 2.24) is 10.2 Å². The van der Waals surface area contributed by atoms with E-state index in [1.807, 2.05) is 25.7 Å². The SMILES string of the molecule is CC(=O)N1CCC(NC(=O)COc2c(C)cc(C)cc2C)CC1. The van der Waals surface area contributed by atoms with Crippen LogP contribution in [0.5, 0.6) is 5.75 Å². The van der Waals surface area contributed by atoms with Gasteiger partial charge in [-0.15, -0.1) is 0 Å². The fourth-order valence-electron chi connectivity index (χ4n) is 3.14. The van der Waals surface area contributed by atoms with Crippen molar-refractivity contribution >= 4 is 11.8 Å². The van der Waals surface area contributed by atoms with Gasteiger partial charge in [-0.2, -0.15) is 0 Å². The van der Waals surface area contributed by atoms with Crippen molar-refractivity contribution in [2.75, 3.05) is 19.7 Å². The smallest absolute Gasteiger partial charge is 0.258 e. The number of ether oxygens (including phenoxy) is 1. The molecular formula is C18H26N2O3. The van der Waals surface area contributed by atoms with E-state index < -0.39 is 0 Å². The Bertz CT molecular complexity index is 567. The van der Waals surface area contributed by atoms with Crippen LogP contribution in [0.2, 0.25) is 0 Å². The summed E-state index contributed by atoms with van der Waals surface area (Å²) in [6.07, 6.45) is 1.60. The van der Waals surface area contributed by atoms with Crippen molar-refractivity contribution in [2.45, 2.75) is 46.6 Å². The van der Waals surface area contributed by atoms with Crippen LogP contribution >= 0.6 is 0 Å². The summed E-state index contributed by atoms with van der Waals surface area (Å²) in [5.74, 6) is 0.784. The Morgan fingerprint density at radius 2 is 1.74 bits per heavy atom. The zero-order chi connectivity index (χ0) is 17.0. The van der Waals surface area contributed by atoms with E-state index in [0.717, 1.165) is 29.7 Å². The van der Waals surface area contributed by atoms with Gasteiger partial charge in [-0.3, -0.25) is 9.59 Å². The molecule has 0 spiro atoms. The number of carbonyl (C=O) groups excluding carboxylic acids is 2. The Kier molecular flexibility index (Phi) is 5.64. The molecule has 0 radical (unpaired) electrons. The molecule has 1 heterocycles. The van der Waals surface area contributed by atoms with Crippen LogP contribution in [0.1, 0.15) is 36.5 Å². The molecule has 1 aromatic carbocycles. The lowest BCUT2D eigenvalue weighted by molar-refractivity contribution is -0.130. The van der Waals surface area contributed by atoms with Crippen molar-refractivity contribution < 1.29 is 14.3 Å². The first-order valence-electron chi connectivity index (χ1n) is 8.12. The molecular weight excluding hydrogens is 292 g/mol. The maximum absolute atomic E-state index is 12.1. The lowest BCUT2D eigenvalue weighted by Gasteiger charge is -2.31. The van der Waals surface area contributed by atoms with Crippen molar-refractivity contribution in [2.24, 2.45) is 0 Å². The van der Waals surface area contributed by atoms with E-state index in [2.05, 4.69) is 17.4 Å². The number of rotatable bonds is 4. The average Bonchev–Trinajstić information content (AvgIpc) is 2.46. The summed E-state index contributed by atoms with van der Waals surface area (Å²) in [5, 5.41) is 3.00. The topological polar surface area (TPSA) is 58.6 Å². The molecule has 0 bridgehead atoms. The highest BCUT2D eigenvalue weighted by Gasteiger charge is 2.22. The maximum atomic E-state index is 12.1. The summed E-state index contributed by atoms with van der Waals surface area (Å²) in [5.41, 5.74) is 3.28. The minimum absolute atomic E-state index is 0.0255. The molecule has 1 aromatic rings. The van der Waals surface area contributed by atoms with Gasteiger partial charge in [0.05, 0.1) is 0 Å². The van der Waals surface area contributed by atoms with E-state index in [4.69, 9.17) is 4.74 Å². The molecule has 1 fully saturated rings. The monoisotopic (exact) mass is 318 g/mol. The Morgan fingerprint density at radius 1 is 1.17 bits per heavy atom. The van der Waals surface area contributed by atoms with Crippen LogP contribution in [0, 0.1) is 20.8 Å². The van der Waals surface area contributed by atoms with Crippen molar-refractivity contribution in [3.8, 4) is 5.75 Å². The van der Waals surface area contributed by atoms with Crippen LogP contribution < -0.4 is 10.1 Å². The summed E-state index contributed by atoms with van der Waals surface area (Å²) in [7, 11) is 0. The number of hydrogen-bond acceptors (Lipinski definition) is 3. The van der Waals surface area contributed by atoms with Gasteiger partial charge in [-0.05, 0) is 44.7 Å². The highest BCUT2D eigenvalue weighted by atomic mass is 16.5. The van der Waals surface area contributed by atoms with E-state index in [0.29, 0.717) is 13.1 Å². The quantitative estimate of drug-likeness (QED) is 0.925. The molecule has 0 aromatic heterocycles. The fourth-order valence-corrected chi connectivity index (χ4v) is 3.14. The molecule has 1 saturated heterocycles. The summed E-state index contributed by atoms with van der Waals surface area (Å²) in [4.78, 5) is 25.2. The second-order valence-corrected chi connectivity index (χ2v) is 6.36. The molecule has 1 N–H and O–H groups in total. The predicted octanol–water partition coefficient (Wildman–Crippen LogP) is 2.12. The number of nitrogens with one attached hydrogen (secondary N) is 1. The van der Waals surface area contributed by atoms with E-state index >= 15 is 0 Å². The molecule has 5 nitrogen and oxygen atoms in total. The Morgan fingerprint density at radius 3 is 2.26 bits per heavy atom. The third-order valence-corrected chi connectivity index (χ3v) is 4.26. The van der Waals surface area contributed by atoms with Gasteiger partial charge in [-0.1, -0.05) is 17.7 Å². The van der Waals surface area contributed by atoms with E-state index in [1.54, 1.807) is 6.92 Å². The first kappa shape index (κ1) is 17.3. The van der Waals surface area contributed by atoms with Crippen LogP contribution in [-0.2, 0) is 9.59 Å². The van der Waals surface area contributed by atoms with Gasteiger partial charge in [0.15, 0.2) is 6.61 Å². The number of likely N-dealkylation sites (tertiary alicyclic amines) is 1. The molecule has 23 heavy (non-hydrogen) atoms. The lowest BCUT2D eigenvalue weighted by Crippen LogP contribution is -2.47. The molecule has 2 rings (SSSR count). The van der Waals surface area contributed by atoms with Gasteiger partial charge in [0.25, 0.3) is 5.91 Å². The lowest BCUT2D eigenvalue weighted by atomic mass is 10.1. The summed E-state index contributed by atoms with van der Waals surface area (Å²) in [6.45, 7) is 9.05. The number of benzene rings is 1. The van der Waals surface area contributed by atoms with Gasteiger partial charge in [0.2, 0.25) is 5.91 Å². The zero-order valence-electron chi connectivity index (χ0n) is 14.4. The molecule has 126 valence electrons. The number of piperidine rings is 1. The van der Waals surface area contributed by atoms with E-state index in [1.165, 1.54) is 5.56 Å². The Hall–Kier alpha value is -2.04. The van der Waals surface area contributed by atoms with Crippen LogP contribution in [0.25, 0.3) is 0 Å². The summed E-state index contributed by atoms with van der Waals surface area (Å²) in [6, 6.07) is 4.23. The summed E-state index contributed by atoms with van der Waals surface area (Å²) < 4.78 is 5.71. The van der Waals surface area contributed by atoms with Gasteiger partial charge >= 0.3 is 0 Å². The Balaban J connectivity index is 1.81. The van der Waals surface area contributed by atoms with Crippen molar-refractivity contribution in [1.29, 1.82) is 0 Å². The minimum atomic E-state index is -0.106. The van der Waals surface area contributed by atoms with Gasteiger partial charge in [0.1, 0.15) is 5.75 Å². The van der Waals surface area contributed by atoms with Crippen LogP contribution in [0.15, 0.2) is 12.1 Å². The van der Waals surface area contributed by atoms with E-state index in [9.17, 15) is 9.59 Å². The molecule has 0 saturated carbocycles. The fraction of sp³-hybridized carbons (Fsp3) is 0.556. The predicted molar refractivity (Wildman–Crippen MR) is 89.6 cm³/mol. The highest BCUT2D eigenvalue weighted by Crippen LogP contribution is 2.24. The van der Waals surface area contributed by atoms with Crippen molar-refractivity contribution in [3.05, 3.63) is 28.8 Å². The van der Waals surface area contributed by atoms with Crippen LogP contribution in [0.3, 0.4) is 0 Å². The number of nitrogens with zero attached hydrogens (tertiary/aromatic N) is 1. The first-order chi connectivity index (χ1) is 10.9. The second-order valence-electron chi connectivity index (χ2n) is 6.36. The molecule has 0 atom stereocenters. The minimum Gasteiger partial charge on any atom is -0.483 e. The third kappa shape index (κ3) is 4.71. The largest absolute Gasteiger partial charge is 0.483 e. The van der Waals surface area contributed by atoms with Gasteiger partial charge in [-0.25, -0.2) is 0 Å². The third-order valence-electron chi connectivity index (χ3n) is 4.26. The summed E-state index contributed by atoms with van der Waals surface area (Å²) >= 11 is 0. The van der Waals surface area contributed by atoms with Crippen LogP contribution in [-0.4, -0.2) is 42.5 Å². The highest BCUT2D eigenvalue weighted by molar-refractivity contribution is 5.78. The molecule has 1 aliphatic heterocycles. The molecule has 5 heteroatoms. The first-order valence-corrected chi connectivity index (χ1v) is 8.12. The number of hydrogen-bond donors (Lipinski definition) is 1. The second kappa shape index (κ2) is 7.49. The molecule has 0 aliphatic carbocycles. The van der Waals surface area contributed by atoms with Gasteiger partial charge in [0, 0.05) is 26.1 Å². The van der Waals surface area contributed by atoms with E-state index in [-0.39, 0.29) is 24.5 Å². The molecule has 1 aliphatic rings. The Labute approximate surface area is 138 Å². The molecule has 0 unspecified atom stereocenters. The van der Waals surface area contributed by atoms with Crippen molar-refractivity contribution in [3.63, 3.8) is 0 Å². The number of aryl methyl sites for hydroxylation is 3. The molecule has 2 amide bonds. The number of amides is 2.